The third-order valence-electron chi connectivity index (χ3n) is 3.78. The maximum Gasteiger partial charge on any atom is 0.203 e. The third-order valence-corrected chi connectivity index (χ3v) is 4.67. The van der Waals surface area contributed by atoms with Gasteiger partial charge in [-0.2, -0.15) is 0 Å². The van der Waals surface area contributed by atoms with E-state index in [0.717, 1.165) is 27.6 Å². The zero-order valence-electron chi connectivity index (χ0n) is 14.5. The molecule has 0 N–H and O–H groups in total. The van der Waals surface area contributed by atoms with Crippen LogP contribution in [-0.2, 0) is 0 Å². The number of ether oxygens (including phenoxy) is 4. The van der Waals surface area contributed by atoms with Gasteiger partial charge in [-0.25, -0.2) is 4.98 Å². The molecule has 0 saturated heterocycles. The van der Waals surface area contributed by atoms with Gasteiger partial charge < -0.3 is 18.9 Å². The van der Waals surface area contributed by atoms with Gasteiger partial charge in [-0.05, 0) is 24.3 Å². The first-order valence-corrected chi connectivity index (χ1v) is 8.48. The highest BCUT2D eigenvalue weighted by Gasteiger charge is 2.16. The Bertz CT molecular complexity index is 850. The van der Waals surface area contributed by atoms with Gasteiger partial charge in [-0.15, -0.1) is 11.3 Å². The van der Waals surface area contributed by atoms with E-state index in [4.69, 9.17) is 23.9 Å². The van der Waals surface area contributed by atoms with Gasteiger partial charge in [0.15, 0.2) is 11.5 Å². The van der Waals surface area contributed by atoms with Crippen molar-refractivity contribution in [3.8, 4) is 44.8 Å². The average molecular weight is 357 g/mol. The van der Waals surface area contributed by atoms with Gasteiger partial charge in [0.2, 0.25) is 5.75 Å². The number of hydrogen-bond acceptors (Lipinski definition) is 6. The summed E-state index contributed by atoms with van der Waals surface area (Å²) in [6.07, 6.45) is 0. The highest BCUT2D eigenvalue weighted by Crippen LogP contribution is 2.42. The van der Waals surface area contributed by atoms with Crippen molar-refractivity contribution < 1.29 is 18.9 Å². The minimum Gasteiger partial charge on any atom is -0.497 e. The van der Waals surface area contributed by atoms with Crippen LogP contribution >= 0.6 is 11.3 Å². The van der Waals surface area contributed by atoms with Crippen LogP contribution in [0.1, 0.15) is 0 Å². The van der Waals surface area contributed by atoms with Crippen LogP contribution in [0.15, 0.2) is 41.8 Å². The van der Waals surface area contributed by atoms with E-state index < -0.39 is 0 Å². The summed E-state index contributed by atoms with van der Waals surface area (Å²) in [6, 6.07) is 11.6. The first-order valence-electron chi connectivity index (χ1n) is 7.60. The Morgan fingerprint density at radius 3 is 2.12 bits per heavy atom. The molecule has 0 spiro atoms. The molecular formula is C19H19NO4S. The van der Waals surface area contributed by atoms with Crippen LogP contribution in [0, 0.1) is 0 Å². The molecule has 1 heterocycles. The fourth-order valence-corrected chi connectivity index (χ4v) is 3.35. The summed E-state index contributed by atoms with van der Waals surface area (Å²) >= 11 is 1.57. The number of nitrogens with zero attached hydrogens (tertiary/aromatic N) is 1. The van der Waals surface area contributed by atoms with Crippen LogP contribution < -0.4 is 18.9 Å². The Morgan fingerprint density at radius 2 is 1.52 bits per heavy atom. The van der Waals surface area contributed by atoms with E-state index in [1.807, 2.05) is 41.8 Å². The van der Waals surface area contributed by atoms with Crippen LogP contribution in [0.25, 0.3) is 21.8 Å². The second-order valence-corrected chi connectivity index (χ2v) is 6.04. The van der Waals surface area contributed by atoms with E-state index in [0.29, 0.717) is 17.2 Å². The van der Waals surface area contributed by atoms with Gasteiger partial charge in [0.05, 0.1) is 34.1 Å². The minimum absolute atomic E-state index is 0.567. The summed E-state index contributed by atoms with van der Waals surface area (Å²) in [6.45, 7) is 0. The van der Waals surface area contributed by atoms with E-state index in [2.05, 4.69) is 0 Å². The fourth-order valence-electron chi connectivity index (χ4n) is 2.52. The molecule has 25 heavy (non-hydrogen) atoms. The van der Waals surface area contributed by atoms with Gasteiger partial charge in [-0.1, -0.05) is 12.1 Å². The molecular weight excluding hydrogens is 338 g/mol. The smallest absolute Gasteiger partial charge is 0.203 e. The molecule has 0 radical (unpaired) electrons. The molecule has 130 valence electrons. The maximum absolute atomic E-state index is 5.42. The number of benzene rings is 2. The first kappa shape index (κ1) is 17.1. The minimum atomic E-state index is 0.567. The van der Waals surface area contributed by atoms with Crippen LogP contribution in [-0.4, -0.2) is 33.4 Å². The Balaban J connectivity index is 2.02. The zero-order valence-corrected chi connectivity index (χ0v) is 15.3. The lowest BCUT2D eigenvalue weighted by molar-refractivity contribution is 0.324. The second-order valence-electron chi connectivity index (χ2n) is 5.18. The lowest BCUT2D eigenvalue weighted by atomic mass is 10.1. The molecule has 6 heteroatoms. The summed E-state index contributed by atoms with van der Waals surface area (Å²) in [5.74, 6) is 2.58. The molecule has 3 aromatic rings. The lowest BCUT2D eigenvalue weighted by Crippen LogP contribution is -1.95. The van der Waals surface area contributed by atoms with Crippen molar-refractivity contribution in [2.24, 2.45) is 0 Å². The number of aromatic nitrogens is 1. The van der Waals surface area contributed by atoms with E-state index in [9.17, 15) is 0 Å². The Hall–Kier alpha value is -2.73. The largest absolute Gasteiger partial charge is 0.497 e. The van der Waals surface area contributed by atoms with Gasteiger partial charge in [0.1, 0.15) is 10.8 Å². The fraction of sp³-hybridized carbons (Fsp3) is 0.211. The molecule has 0 amide bonds. The van der Waals surface area contributed by atoms with E-state index in [1.165, 1.54) is 0 Å². The zero-order chi connectivity index (χ0) is 17.8. The van der Waals surface area contributed by atoms with Gasteiger partial charge in [0.25, 0.3) is 0 Å². The predicted octanol–water partition coefficient (Wildman–Crippen LogP) is 4.51. The molecule has 5 nitrogen and oxygen atoms in total. The first-order chi connectivity index (χ1) is 12.2. The van der Waals surface area contributed by atoms with E-state index in [1.54, 1.807) is 39.8 Å². The summed E-state index contributed by atoms with van der Waals surface area (Å²) in [4.78, 5) is 4.74. The molecule has 3 rings (SSSR count). The van der Waals surface area contributed by atoms with E-state index in [-0.39, 0.29) is 0 Å². The molecule has 0 saturated carbocycles. The second kappa shape index (κ2) is 7.44. The van der Waals surface area contributed by atoms with Crippen LogP contribution in [0.3, 0.4) is 0 Å². The molecule has 0 aliphatic rings. The van der Waals surface area contributed by atoms with Crippen LogP contribution in [0.4, 0.5) is 0 Å². The average Bonchev–Trinajstić information content (AvgIpc) is 3.17. The molecule has 2 aromatic carbocycles. The predicted molar refractivity (Wildman–Crippen MR) is 99.2 cm³/mol. The monoisotopic (exact) mass is 357 g/mol. The van der Waals surface area contributed by atoms with Gasteiger partial charge in [0, 0.05) is 16.5 Å². The number of methoxy groups -OCH3 is 4. The van der Waals surface area contributed by atoms with Crippen LogP contribution in [0.2, 0.25) is 0 Å². The summed E-state index contributed by atoms with van der Waals surface area (Å²) in [5, 5.41) is 2.93. The molecule has 0 bridgehead atoms. The SMILES string of the molecule is COc1cccc(-c2nc(-c3cc(OC)c(OC)c(OC)c3)cs2)c1. The molecule has 0 aliphatic heterocycles. The van der Waals surface area contributed by atoms with Crippen molar-refractivity contribution in [3.63, 3.8) is 0 Å². The van der Waals surface area contributed by atoms with Crippen LogP contribution in [0.5, 0.6) is 23.0 Å². The molecule has 0 fully saturated rings. The Kier molecular flexibility index (Phi) is 5.09. The topological polar surface area (TPSA) is 49.8 Å². The summed E-state index contributed by atoms with van der Waals surface area (Å²) in [7, 11) is 6.44. The molecule has 0 atom stereocenters. The standard InChI is InChI=1S/C19H19NO4S/c1-21-14-7-5-6-12(8-14)19-20-15(11-25-19)13-9-16(22-2)18(24-4)17(10-13)23-3/h5-11H,1-4H3. The molecule has 0 unspecified atom stereocenters. The van der Waals surface area contributed by atoms with Crippen molar-refractivity contribution in [2.45, 2.75) is 0 Å². The van der Waals surface area contributed by atoms with Crippen molar-refractivity contribution >= 4 is 11.3 Å². The Labute approximate surface area is 150 Å². The van der Waals surface area contributed by atoms with Crippen molar-refractivity contribution in [2.75, 3.05) is 28.4 Å². The highest BCUT2D eigenvalue weighted by molar-refractivity contribution is 7.13. The lowest BCUT2D eigenvalue weighted by Gasteiger charge is -2.13. The highest BCUT2D eigenvalue weighted by atomic mass is 32.1. The summed E-state index contributed by atoms with van der Waals surface area (Å²) < 4.78 is 21.5. The van der Waals surface area contributed by atoms with E-state index >= 15 is 0 Å². The van der Waals surface area contributed by atoms with Gasteiger partial charge >= 0.3 is 0 Å². The van der Waals surface area contributed by atoms with Gasteiger partial charge in [-0.3, -0.25) is 0 Å². The normalized spacial score (nSPS) is 10.4. The van der Waals surface area contributed by atoms with Crippen molar-refractivity contribution in [3.05, 3.63) is 41.8 Å². The third kappa shape index (κ3) is 3.39. The molecule has 0 aliphatic carbocycles. The van der Waals surface area contributed by atoms with Crippen molar-refractivity contribution in [1.82, 2.24) is 4.98 Å². The Morgan fingerprint density at radius 1 is 0.800 bits per heavy atom. The summed E-state index contributed by atoms with van der Waals surface area (Å²) in [5.41, 5.74) is 2.77. The molecule has 1 aromatic heterocycles. The number of hydrogen-bond donors (Lipinski definition) is 0. The number of rotatable bonds is 6. The maximum atomic E-state index is 5.42. The number of thiazole rings is 1. The van der Waals surface area contributed by atoms with Crippen molar-refractivity contribution in [1.29, 1.82) is 0 Å². The quantitative estimate of drug-likeness (QED) is 0.649.